The molecule has 0 radical (unpaired) electrons. The lowest BCUT2D eigenvalue weighted by Crippen LogP contribution is -2.26. The zero-order chi connectivity index (χ0) is 15.8. The molecule has 0 aliphatic carbocycles. The maximum atomic E-state index is 11.3. The Morgan fingerprint density at radius 1 is 1.00 bits per heavy atom. The minimum absolute atomic E-state index is 0.0297. The fraction of sp³-hybridized carbons (Fsp3) is 0.867. The summed E-state index contributed by atoms with van der Waals surface area (Å²) >= 11 is 0. The standard InChI is InChI=1S/C13H25NO4.C2H6/c1-4-13(16)14-6-8-18-10-9-17-7-5-12(15)11(2)3;1-2/h11H,4-10H2,1-3H3,(H,14,16);1-2H3. The number of ether oxygens (including phenoxy) is 2. The summed E-state index contributed by atoms with van der Waals surface area (Å²) in [6.07, 6.45) is 0.956. The van der Waals surface area contributed by atoms with Gasteiger partial charge in [-0.05, 0) is 0 Å². The van der Waals surface area contributed by atoms with Crippen molar-refractivity contribution in [1.29, 1.82) is 0 Å². The van der Waals surface area contributed by atoms with E-state index >= 15 is 0 Å². The number of carbonyl (C=O) groups excluding carboxylic acids is 2. The fourth-order valence-corrected chi connectivity index (χ4v) is 1.17. The van der Waals surface area contributed by atoms with Gasteiger partial charge in [0.1, 0.15) is 5.78 Å². The first kappa shape index (κ1) is 21.4. The lowest BCUT2D eigenvalue weighted by Gasteiger charge is -2.07. The predicted molar refractivity (Wildman–Crippen MR) is 80.7 cm³/mol. The molecule has 0 saturated carbocycles. The van der Waals surface area contributed by atoms with E-state index in [2.05, 4.69) is 5.32 Å². The van der Waals surface area contributed by atoms with Crippen molar-refractivity contribution in [2.24, 2.45) is 5.92 Å². The first-order valence-electron chi connectivity index (χ1n) is 7.52. The van der Waals surface area contributed by atoms with Crippen molar-refractivity contribution >= 4 is 11.7 Å². The number of nitrogens with one attached hydrogen (secondary N) is 1. The molecule has 0 unspecified atom stereocenters. The van der Waals surface area contributed by atoms with Gasteiger partial charge in [0.05, 0.1) is 26.4 Å². The molecule has 0 fully saturated rings. The number of amides is 1. The van der Waals surface area contributed by atoms with Crippen LogP contribution in [0, 0.1) is 5.92 Å². The van der Waals surface area contributed by atoms with Gasteiger partial charge in [-0.15, -0.1) is 0 Å². The number of hydrogen-bond acceptors (Lipinski definition) is 4. The first-order chi connectivity index (χ1) is 9.57. The van der Waals surface area contributed by atoms with Crippen LogP contribution in [-0.2, 0) is 19.1 Å². The second-order valence-electron chi connectivity index (χ2n) is 4.30. The van der Waals surface area contributed by atoms with Gasteiger partial charge in [-0.25, -0.2) is 0 Å². The molecule has 0 aromatic rings. The van der Waals surface area contributed by atoms with Crippen molar-refractivity contribution in [3.05, 3.63) is 0 Å². The third-order valence-corrected chi connectivity index (χ3v) is 2.40. The molecule has 0 aliphatic rings. The van der Waals surface area contributed by atoms with E-state index in [1.54, 1.807) is 0 Å². The van der Waals surface area contributed by atoms with Crippen molar-refractivity contribution in [3.63, 3.8) is 0 Å². The van der Waals surface area contributed by atoms with Crippen LogP contribution in [-0.4, -0.2) is 44.7 Å². The topological polar surface area (TPSA) is 64.6 Å². The number of carbonyl (C=O) groups is 2. The first-order valence-corrected chi connectivity index (χ1v) is 7.52. The molecule has 0 aliphatic heterocycles. The average molecular weight is 289 g/mol. The Kier molecular flexibility index (Phi) is 17.2. The molecule has 0 atom stereocenters. The third kappa shape index (κ3) is 15.1. The van der Waals surface area contributed by atoms with Crippen LogP contribution in [0.3, 0.4) is 0 Å². The fourth-order valence-electron chi connectivity index (χ4n) is 1.17. The van der Waals surface area contributed by atoms with E-state index in [0.717, 1.165) is 0 Å². The van der Waals surface area contributed by atoms with Crippen LogP contribution in [0.1, 0.15) is 47.5 Å². The lowest BCUT2D eigenvalue weighted by molar-refractivity contribution is -0.123. The van der Waals surface area contributed by atoms with E-state index in [4.69, 9.17) is 9.47 Å². The van der Waals surface area contributed by atoms with Crippen LogP contribution >= 0.6 is 0 Å². The molecule has 5 heteroatoms. The van der Waals surface area contributed by atoms with Gasteiger partial charge in [-0.1, -0.05) is 34.6 Å². The van der Waals surface area contributed by atoms with E-state index in [0.29, 0.717) is 45.8 Å². The summed E-state index contributed by atoms with van der Waals surface area (Å²) in [5, 5.41) is 2.71. The molecule has 0 rings (SSSR count). The molecule has 1 amide bonds. The van der Waals surface area contributed by atoms with Crippen LogP contribution in [0.4, 0.5) is 0 Å². The number of Topliss-reactive ketones (excluding diaryl/α,β-unsaturated/α-hetero) is 1. The molecule has 0 spiro atoms. The maximum Gasteiger partial charge on any atom is 0.219 e. The van der Waals surface area contributed by atoms with Gasteiger partial charge in [0.25, 0.3) is 0 Å². The smallest absolute Gasteiger partial charge is 0.219 e. The molecule has 0 heterocycles. The van der Waals surface area contributed by atoms with Crippen molar-refractivity contribution in [3.8, 4) is 0 Å². The minimum Gasteiger partial charge on any atom is -0.379 e. The van der Waals surface area contributed by atoms with E-state index in [1.807, 2.05) is 34.6 Å². The summed E-state index contributed by atoms with van der Waals surface area (Å²) in [5.41, 5.74) is 0. The molecular weight excluding hydrogens is 258 g/mol. The summed E-state index contributed by atoms with van der Waals surface area (Å²) in [6.45, 7) is 12.0. The lowest BCUT2D eigenvalue weighted by atomic mass is 10.1. The van der Waals surface area contributed by atoms with Crippen LogP contribution in [0.5, 0.6) is 0 Å². The summed E-state index contributed by atoms with van der Waals surface area (Å²) in [4.78, 5) is 22.1. The highest BCUT2D eigenvalue weighted by Gasteiger charge is 2.05. The Labute approximate surface area is 123 Å². The van der Waals surface area contributed by atoms with E-state index in [1.165, 1.54) is 0 Å². The monoisotopic (exact) mass is 289 g/mol. The van der Waals surface area contributed by atoms with Crippen molar-refractivity contribution in [2.45, 2.75) is 47.5 Å². The van der Waals surface area contributed by atoms with Gasteiger partial charge < -0.3 is 14.8 Å². The summed E-state index contributed by atoms with van der Waals surface area (Å²) in [5.74, 6) is 0.326. The second kappa shape index (κ2) is 16.1. The normalized spacial score (nSPS) is 9.90. The Hall–Kier alpha value is -0.940. The van der Waals surface area contributed by atoms with Gasteiger partial charge in [0.15, 0.2) is 0 Å². The zero-order valence-corrected chi connectivity index (χ0v) is 13.7. The van der Waals surface area contributed by atoms with Gasteiger partial charge in [-0.2, -0.15) is 0 Å². The maximum absolute atomic E-state index is 11.3. The predicted octanol–water partition coefficient (Wildman–Crippen LogP) is 2.19. The highest BCUT2D eigenvalue weighted by atomic mass is 16.5. The molecule has 0 bridgehead atoms. The molecule has 0 aromatic heterocycles. The summed E-state index contributed by atoms with van der Waals surface area (Å²) in [7, 11) is 0. The molecular formula is C15H31NO4. The number of rotatable bonds is 11. The van der Waals surface area contributed by atoms with Crippen molar-refractivity contribution in [2.75, 3.05) is 33.0 Å². The van der Waals surface area contributed by atoms with E-state index in [9.17, 15) is 9.59 Å². The minimum atomic E-state index is 0.0297. The summed E-state index contributed by atoms with van der Waals surface area (Å²) < 4.78 is 10.5. The molecule has 1 N–H and O–H groups in total. The van der Waals surface area contributed by atoms with Crippen LogP contribution in [0.2, 0.25) is 0 Å². The van der Waals surface area contributed by atoms with E-state index in [-0.39, 0.29) is 17.6 Å². The average Bonchev–Trinajstić information content (AvgIpc) is 2.46. The number of hydrogen-bond donors (Lipinski definition) is 1. The number of ketones is 1. The largest absolute Gasteiger partial charge is 0.379 e. The third-order valence-electron chi connectivity index (χ3n) is 2.40. The molecule has 0 aromatic carbocycles. The van der Waals surface area contributed by atoms with Gasteiger partial charge in [0, 0.05) is 25.3 Å². The zero-order valence-electron chi connectivity index (χ0n) is 13.7. The quantitative estimate of drug-likeness (QED) is 0.592. The second-order valence-corrected chi connectivity index (χ2v) is 4.30. The Morgan fingerprint density at radius 3 is 2.05 bits per heavy atom. The SMILES string of the molecule is CC.CCC(=O)NCCOCCOCCC(=O)C(C)C. The molecule has 120 valence electrons. The van der Waals surface area contributed by atoms with E-state index < -0.39 is 0 Å². The Morgan fingerprint density at radius 2 is 1.55 bits per heavy atom. The van der Waals surface area contributed by atoms with Gasteiger partial charge >= 0.3 is 0 Å². The van der Waals surface area contributed by atoms with Gasteiger partial charge in [-0.3, -0.25) is 9.59 Å². The van der Waals surface area contributed by atoms with Crippen LogP contribution in [0.25, 0.3) is 0 Å². The van der Waals surface area contributed by atoms with Crippen molar-refractivity contribution in [1.82, 2.24) is 5.32 Å². The van der Waals surface area contributed by atoms with Crippen molar-refractivity contribution < 1.29 is 19.1 Å². The molecule has 20 heavy (non-hydrogen) atoms. The Bertz CT molecular complexity index is 242. The van der Waals surface area contributed by atoms with Crippen LogP contribution in [0.15, 0.2) is 0 Å². The highest BCUT2D eigenvalue weighted by Crippen LogP contribution is 1.98. The van der Waals surface area contributed by atoms with Gasteiger partial charge in [0.2, 0.25) is 5.91 Å². The molecule has 0 saturated heterocycles. The Balaban J connectivity index is 0. The highest BCUT2D eigenvalue weighted by molar-refractivity contribution is 5.80. The van der Waals surface area contributed by atoms with Crippen LogP contribution < -0.4 is 5.32 Å². The summed E-state index contributed by atoms with van der Waals surface area (Å²) in [6, 6.07) is 0. The molecule has 5 nitrogen and oxygen atoms in total.